The molecule has 4 heterocycles. The minimum absolute atomic E-state index is 0.0293. The van der Waals surface area contributed by atoms with E-state index in [4.69, 9.17) is 0 Å². The lowest BCUT2D eigenvalue weighted by molar-refractivity contribution is -0.126. The molecular weight excluding hydrogens is 390 g/mol. The molecular formula is C21H22F2N6O. The van der Waals surface area contributed by atoms with Crippen molar-refractivity contribution in [2.75, 3.05) is 0 Å². The number of nitriles is 1. The van der Waals surface area contributed by atoms with Crippen LogP contribution >= 0.6 is 0 Å². The summed E-state index contributed by atoms with van der Waals surface area (Å²) in [5.74, 6) is 0.230. The van der Waals surface area contributed by atoms with Crippen molar-refractivity contribution in [2.45, 2.75) is 63.1 Å². The van der Waals surface area contributed by atoms with Gasteiger partial charge in [0.2, 0.25) is 5.91 Å². The summed E-state index contributed by atoms with van der Waals surface area (Å²) >= 11 is 0. The molecule has 30 heavy (non-hydrogen) atoms. The van der Waals surface area contributed by atoms with Gasteiger partial charge in [0.15, 0.2) is 12.0 Å². The molecule has 0 saturated carbocycles. The molecule has 4 atom stereocenters. The van der Waals surface area contributed by atoms with Crippen LogP contribution in [0.4, 0.5) is 8.78 Å². The lowest BCUT2D eigenvalue weighted by Gasteiger charge is -2.26. The number of hydrogen-bond acceptors (Lipinski definition) is 5. The number of aryl methyl sites for hydroxylation is 1. The Bertz CT molecular complexity index is 1020. The number of amides is 1. The third-order valence-electron chi connectivity index (χ3n) is 6.64. The maximum atomic E-state index is 12.9. The Morgan fingerprint density at radius 2 is 2.17 bits per heavy atom. The number of halogens is 2. The Balaban J connectivity index is 1.27. The number of fused-ring (bicyclic) bond motifs is 3. The van der Waals surface area contributed by atoms with Gasteiger partial charge < -0.3 is 10.2 Å². The molecule has 3 aliphatic rings. The maximum absolute atomic E-state index is 12.9. The van der Waals surface area contributed by atoms with Crippen LogP contribution in [-0.4, -0.2) is 43.7 Å². The van der Waals surface area contributed by atoms with Crippen LogP contribution in [0, 0.1) is 17.4 Å². The molecule has 0 aromatic carbocycles. The van der Waals surface area contributed by atoms with E-state index in [1.165, 1.54) is 10.7 Å². The second kappa shape index (κ2) is 7.35. The summed E-state index contributed by atoms with van der Waals surface area (Å²) in [6.45, 7) is 0. The lowest BCUT2D eigenvalue weighted by atomic mass is 9.86. The van der Waals surface area contributed by atoms with E-state index in [0.717, 1.165) is 30.5 Å². The average molecular weight is 412 g/mol. The Morgan fingerprint density at radius 3 is 2.93 bits per heavy atom. The van der Waals surface area contributed by atoms with Crippen molar-refractivity contribution in [3.05, 3.63) is 41.3 Å². The van der Waals surface area contributed by atoms with Gasteiger partial charge in [0, 0.05) is 18.2 Å². The van der Waals surface area contributed by atoms with Gasteiger partial charge in [0.25, 0.3) is 6.43 Å². The second-order valence-corrected chi connectivity index (χ2v) is 8.36. The molecule has 1 aliphatic carbocycles. The summed E-state index contributed by atoms with van der Waals surface area (Å²) in [6.07, 6.45) is 6.18. The first kappa shape index (κ1) is 19.0. The van der Waals surface area contributed by atoms with Gasteiger partial charge in [-0.3, -0.25) is 4.79 Å². The molecule has 156 valence electrons. The summed E-state index contributed by atoms with van der Waals surface area (Å²) in [5, 5.41) is 17.0. The molecule has 1 unspecified atom stereocenters. The van der Waals surface area contributed by atoms with E-state index in [1.54, 1.807) is 18.3 Å². The van der Waals surface area contributed by atoms with Crippen molar-refractivity contribution in [1.82, 2.24) is 25.0 Å². The normalized spacial score (nSPS) is 27.2. The van der Waals surface area contributed by atoms with Gasteiger partial charge in [-0.2, -0.15) is 10.4 Å². The Hall–Kier alpha value is -3.02. The van der Waals surface area contributed by atoms with E-state index >= 15 is 0 Å². The van der Waals surface area contributed by atoms with Crippen LogP contribution < -0.4 is 5.32 Å². The van der Waals surface area contributed by atoms with Gasteiger partial charge in [-0.15, -0.1) is 0 Å². The minimum Gasteiger partial charge on any atom is -0.351 e. The highest BCUT2D eigenvalue weighted by atomic mass is 19.3. The number of carbonyl (C=O) groups excluding carboxylic acids is 1. The van der Waals surface area contributed by atoms with Crippen molar-refractivity contribution >= 4 is 5.91 Å². The summed E-state index contributed by atoms with van der Waals surface area (Å²) in [5.41, 5.74) is 1.56. The van der Waals surface area contributed by atoms with Crippen molar-refractivity contribution in [3.63, 3.8) is 0 Å². The van der Waals surface area contributed by atoms with Crippen LogP contribution in [-0.2, 0) is 17.6 Å². The number of carbonyl (C=O) groups is 1. The monoisotopic (exact) mass is 412 g/mol. The van der Waals surface area contributed by atoms with Gasteiger partial charge in [-0.25, -0.2) is 18.4 Å². The van der Waals surface area contributed by atoms with Crippen molar-refractivity contribution in [3.8, 4) is 12.0 Å². The SMILES string of the molecule is N#CN1[C@H]2CC[C@@H]1[C@H](NC(=O)C1CCc3nn(-c4cccc(C(F)F)n4)cc3C1)C2. The van der Waals surface area contributed by atoms with Crippen LogP contribution in [0.5, 0.6) is 0 Å². The molecule has 0 spiro atoms. The molecule has 2 bridgehead atoms. The molecule has 1 N–H and O–H groups in total. The van der Waals surface area contributed by atoms with E-state index in [9.17, 15) is 18.8 Å². The lowest BCUT2D eigenvalue weighted by Crippen LogP contribution is -2.46. The van der Waals surface area contributed by atoms with E-state index in [2.05, 4.69) is 21.6 Å². The van der Waals surface area contributed by atoms with Gasteiger partial charge in [-0.05, 0) is 56.2 Å². The highest BCUT2D eigenvalue weighted by Gasteiger charge is 2.47. The number of hydrogen-bond donors (Lipinski definition) is 1. The maximum Gasteiger partial charge on any atom is 0.280 e. The predicted molar refractivity (Wildman–Crippen MR) is 103 cm³/mol. The zero-order chi connectivity index (χ0) is 20.8. The predicted octanol–water partition coefficient (Wildman–Crippen LogP) is 2.51. The van der Waals surface area contributed by atoms with Crippen molar-refractivity contribution < 1.29 is 13.6 Å². The molecule has 5 rings (SSSR count). The minimum atomic E-state index is -2.63. The fourth-order valence-electron chi connectivity index (χ4n) is 5.13. The second-order valence-electron chi connectivity index (χ2n) is 8.36. The number of nitrogens with one attached hydrogen (secondary N) is 1. The third-order valence-corrected chi connectivity index (χ3v) is 6.64. The first-order valence-corrected chi connectivity index (χ1v) is 10.3. The van der Waals surface area contributed by atoms with E-state index in [0.29, 0.717) is 25.1 Å². The summed E-state index contributed by atoms with van der Waals surface area (Å²) in [6, 6.07) is 4.91. The number of rotatable bonds is 4. The van der Waals surface area contributed by atoms with Gasteiger partial charge in [-0.1, -0.05) is 6.07 Å². The largest absolute Gasteiger partial charge is 0.351 e. The zero-order valence-electron chi connectivity index (χ0n) is 16.3. The zero-order valence-corrected chi connectivity index (χ0v) is 16.3. The average Bonchev–Trinajstić information content (AvgIpc) is 3.45. The molecule has 2 fully saturated rings. The Kier molecular flexibility index (Phi) is 4.65. The van der Waals surface area contributed by atoms with Gasteiger partial charge in [0.1, 0.15) is 5.69 Å². The number of alkyl halides is 2. The molecule has 2 saturated heterocycles. The van der Waals surface area contributed by atoms with Crippen LogP contribution in [0.2, 0.25) is 0 Å². The molecule has 0 radical (unpaired) electrons. The van der Waals surface area contributed by atoms with Crippen molar-refractivity contribution in [1.29, 1.82) is 5.26 Å². The highest BCUT2D eigenvalue weighted by molar-refractivity contribution is 5.79. The fraction of sp³-hybridized carbons (Fsp3) is 0.524. The summed E-state index contributed by atoms with van der Waals surface area (Å²) in [7, 11) is 0. The molecule has 1 amide bonds. The standard InChI is InChI=1S/C21H22F2N6O/c22-20(23)16-2-1-3-19(25-16)29-10-13-8-12(4-6-15(13)27-29)21(30)26-17-9-14-5-7-18(17)28(14)11-24/h1-3,10,12,14,17-18,20H,4-9H2,(H,26,30)/t12?,14-,17+,18+/m0/s1. The number of aromatic nitrogens is 3. The molecule has 2 aromatic heterocycles. The summed E-state index contributed by atoms with van der Waals surface area (Å²) < 4.78 is 27.4. The number of nitrogens with zero attached hydrogens (tertiary/aromatic N) is 5. The quantitative estimate of drug-likeness (QED) is 0.780. The smallest absolute Gasteiger partial charge is 0.280 e. The van der Waals surface area contributed by atoms with Crippen molar-refractivity contribution in [2.24, 2.45) is 5.92 Å². The molecule has 7 nitrogen and oxygen atoms in total. The highest BCUT2D eigenvalue weighted by Crippen LogP contribution is 2.37. The molecule has 9 heteroatoms. The third kappa shape index (κ3) is 3.20. The summed E-state index contributed by atoms with van der Waals surface area (Å²) in [4.78, 5) is 18.7. The van der Waals surface area contributed by atoms with Crippen LogP contribution in [0.1, 0.15) is 49.1 Å². The molecule has 2 aromatic rings. The van der Waals surface area contributed by atoms with E-state index in [1.807, 2.05) is 4.90 Å². The number of pyridine rings is 1. The van der Waals surface area contributed by atoms with Gasteiger partial charge >= 0.3 is 0 Å². The molecule has 2 aliphatic heterocycles. The van der Waals surface area contributed by atoms with E-state index < -0.39 is 6.43 Å². The first-order valence-electron chi connectivity index (χ1n) is 10.3. The fourth-order valence-corrected chi connectivity index (χ4v) is 5.13. The van der Waals surface area contributed by atoms with Crippen LogP contribution in [0.15, 0.2) is 24.4 Å². The van der Waals surface area contributed by atoms with E-state index in [-0.39, 0.29) is 35.6 Å². The first-order chi connectivity index (χ1) is 14.5. The topological polar surface area (TPSA) is 86.8 Å². The Morgan fingerprint density at radius 1 is 1.30 bits per heavy atom. The van der Waals surface area contributed by atoms with Gasteiger partial charge in [0.05, 0.1) is 17.8 Å². The van der Waals surface area contributed by atoms with Crippen LogP contribution in [0.3, 0.4) is 0 Å². The van der Waals surface area contributed by atoms with Crippen LogP contribution in [0.25, 0.3) is 5.82 Å². The Labute approximate surface area is 172 Å².